The van der Waals surface area contributed by atoms with E-state index in [1.807, 2.05) is 0 Å². The van der Waals surface area contributed by atoms with Gasteiger partial charge in [-0.25, -0.2) is 14.6 Å². The second kappa shape index (κ2) is 11.3. The van der Waals surface area contributed by atoms with E-state index < -0.39 is 12.3 Å². The highest BCUT2D eigenvalue weighted by Crippen LogP contribution is 2.14. The predicted octanol–water partition coefficient (Wildman–Crippen LogP) is 3.77. The second-order valence-electron chi connectivity index (χ2n) is 4.39. The first-order valence-electron chi connectivity index (χ1n) is 6.79. The molecule has 0 aliphatic rings. The van der Waals surface area contributed by atoms with Crippen molar-refractivity contribution >= 4 is 6.16 Å². The zero-order chi connectivity index (χ0) is 13.8. The third-order valence-corrected chi connectivity index (χ3v) is 2.67. The molecule has 0 amide bonds. The van der Waals surface area contributed by atoms with Crippen LogP contribution < -0.4 is 0 Å². The summed E-state index contributed by atoms with van der Waals surface area (Å²) in [6, 6.07) is 0. The molecule has 0 heterocycles. The van der Waals surface area contributed by atoms with Gasteiger partial charge in [-0.05, 0) is 26.2 Å². The van der Waals surface area contributed by atoms with Gasteiger partial charge >= 0.3 is 6.16 Å². The smallest absolute Gasteiger partial charge is 0.450 e. The summed E-state index contributed by atoms with van der Waals surface area (Å²) >= 11 is 0. The fourth-order valence-electron chi connectivity index (χ4n) is 1.54. The Balaban J connectivity index is 3.96. The Morgan fingerprint density at radius 3 is 2.39 bits per heavy atom. The third kappa shape index (κ3) is 9.24. The first-order valence-corrected chi connectivity index (χ1v) is 6.79. The molecule has 0 spiro atoms. The Morgan fingerprint density at radius 2 is 1.83 bits per heavy atom. The molecule has 2 atom stereocenters. The summed E-state index contributed by atoms with van der Waals surface area (Å²) in [5.74, 6) is 0. The van der Waals surface area contributed by atoms with Crippen LogP contribution in [0.25, 0.3) is 0 Å². The molecule has 0 rings (SSSR count). The van der Waals surface area contributed by atoms with Gasteiger partial charge in [0.1, 0.15) is 12.2 Å². The molecule has 5 nitrogen and oxygen atoms in total. The Bertz CT molecular complexity index is 208. The van der Waals surface area contributed by atoms with Gasteiger partial charge in [0.05, 0.1) is 6.61 Å². The molecule has 2 unspecified atom stereocenters. The highest BCUT2D eigenvalue weighted by atomic mass is 17.2. The van der Waals surface area contributed by atoms with Crippen molar-refractivity contribution in [3.05, 3.63) is 0 Å². The van der Waals surface area contributed by atoms with Gasteiger partial charge in [-0.2, -0.15) is 0 Å². The fraction of sp³-hybridized carbons (Fsp3) is 0.923. The normalized spacial score (nSPS) is 14.2. The molecule has 0 aromatic rings. The Labute approximate surface area is 109 Å². The van der Waals surface area contributed by atoms with Crippen LogP contribution in [0.4, 0.5) is 4.79 Å². The standard InChI is InChI=1S/C13H26O5/c1-4-6-8-9-12(17-13(14)15)11(3)18-16-10-7-5-2/h11-12H,4-10H2,1-3H3,(H,14,15). The first-order chi connectivity index (χ1) is 8.61. The third-order valence-electron chi connectivity index (χ3n) is 2.67. The van der Waals surface area contributed by atoms with E-state index >= 15 is 0 Å². The van der Waals surface area contributed by atoms with Crippen molar-refractivity contribution in [2.24, 2.45) is 0 Å². The van der Waals surface area contributed by atoms with Crippen LogP contribution in [0.5, 0.6) is 0 Å². The molecule has 18 heavy (non-hydrogen) atoms. The molecule has 108 valence electrons. The van der Waals surface area contributed by atoms with Gasteiger partial charge in [0, 0.05) is 0 Å². The van der Waals surface area contributed by atoms with Gasteiger partial charge in [0.15, 0.2) is 0 Å². The van der Waals surface area contributed by atoms with E-state index in [9.17, 15) is 4.79 Å². The Hall–Kier alpha value is -0.810. The largest absolute Gasteiger partial charge is 0.506 e. The van der Waals surface area contributed by atoms with E-state index in [2.05, 4.69) is 13.8 Å². The highest BCUT2D eigenvalue weighted by Gasteiger charge is 2.22. The van der Waals surface area contributed by atoms with E-state index in [1.54, 1.807) is 6.92 Å². The molecule has 0 aliphatic carbocycles. The maximum absolute atomic E-state index is 10.6. The zero-order valence-electron chi connectivity index (χ0n) is 11.7. The molecule has 0 bridgehead atoms. The van der Waals surface area contributed by atoms with Crippen molar-refractivity contribution in [2.75, 3.05) is 6.61 Å². The summed E-state index contributed by atoms with van der Waals surface area (Å²) in [5.41, 5.74) is 0. The van der Waals surface area contributed by atoms with E-state index in [4.69, 9.17) is 19.6 Å². The molecule has 0 aliphatic heterocycles. The molecule has 1 N–H and O–H groups in total. The van der Waals surface area contributed by atoms with Crippen LogP contribution in [0.15, 0.2) is 0 Å². The average Bonchev–Trinajstić information content (AvgIpc) is 2.33. The van der Waals surface area contributed by atoms with Crippen LogP contribution in [0, 0.1) is 0 Å². The summed E-state index contributed by atoms with van der Waals surface area (Å²) in [7, 11) is 0. The lowest BCUT2D eigenvalue weighted by Gasteiger charge is -2.22. The average molecular weight is 262 g/mol. The summed E-state index contributed by atoms with van der Waals surface area (Å²) < 4.78 is 4.83. The minimum atomic E-state index is -1.26. The van der Waals surface area contributed by atoms with Crippen LogP contribution in [0.2, 0.25) is 0 Å². The fourth-order valence-corrected chi connectivity index (χ4v) is 1.54. The molecular weight excluding hydrogens is 236 g/mol. The number of carboxylic acid groups (broad SMARTS) is 1. The van der Waals surface area contributed by atoms with E-state index in [0.29, 0.717) is 13.0 Å². The quantitative estimate of drug-likeness (QED) is 0.266. The molecular formula is C13H26O5. The summed E-state index contributed by atoms with van der Waals surface area (Å²) in [5, 5.41) is 8.68. The lowest BCUT2D eigenvalue weighted by atomic mass is 10.1. The van der Waals surface area contributed by atoms with Crippen LogP contribution in [0.1, 0.15) is 59.3 Å². The van der Waals surface area contributed by atoms with Crippen LogP contribution in [0.3, 0.4) is 0 Å². The topological polar surface area (TPSA) is 65.0 Å². The van der Waals surface area contributed by atoms with Crippen molar-refractivity contribution in [1.82, 2.24) is 0 Å². The molecule has 5 heteroatoms. The van der Waals surface area contributed by atoms with E-state index in [-0.39, 0.29) is 6.10 Å². The summed E-state index contributed by atoms with van der Waals surface area (Å²) in [4.78, 5) is 20.8. The van der Waals surface area contributed by atoms with Crippen LogP contribution in [-0.2, 0) is 14.5 Å². The Morgan fingerprint density at radius 1 is 1.17 bits per heavy atom. The first kappa shape index (κ1) is 17.2. The maximum Gasteiger partial charge on any atom is 0.506 e. The molecule has 0 aromatic heterocycles. The van der Waals surface area contributed by atoms with Crippen LogP contribution >= 0.6 is 0 Å². The maximum atomic E-state index is 10.6. The van der Waals surface area contributed by atoms with Crippen molar-refractivity contribution in [3.63, 3.8) is 0 Å². The van der Waals surface area contributed by atoms with Gasteiger partial charge in [-0.3, -0.25) is 0 Å². The number of unbranched alkanes of at least 4 members (excludes halogenated alkanes) is 3. The second-order valence-corrected chi connectivity index (χ2v) is 4.39. The lowest BCUT2D eigenvalue weighted by Crippen LogP contribution is -2.31. The van der Waals surface area contributed by atoms with Crippen LogP contribution in [-0.4, -0.2) is 30.1 Å². The number of hydrogen-bond acceptors (Lipinski definition) is 4. The highest BCUT2D eigenvalue weighted by molar-refractivity contribution is 5.57. The minimum Gasteiger partial charge on any atom is -0.450 e. The zero-order valence-corrected chi connectivity index (χ0v) is 11.7. The van der Waals surface area contributed by atoms with E-state index in [0.717, 1.165) is 32.1 Å². The monoisotopic (exact) mass is 262 g/mol. The molecule has 0 saturated carbocycles. The predicted molar refractivity (Wildman–Crippen MR) is 68.4 cm³/mol. The SMILES string of the molecule is CCCCCC(OC(=O)O)C(C)OOCCCC. The van der Waals surface area contributed by atoms with Gasteiger partial charge in [-0.1, -0.05) is 33.1 Å². The summed E-state index contributed by atoms with van der Waals surface area (Å²) in [6.45, 7) is 6.45. The number of carbonyl (C=O) groups is 1. The van der Waals surface area contributed by atoms with Crippen molar-refractivity contribution in [3.8, 4) is 0 Å². The van der Waals surface area contributed by atoms with Gasteiger partial charge in [0.25, 0.3) is 0 Å². The van der Waals surface area contributed by atoms with Gasteiger partial charge in [0.2, 0.25) is 0 Å². The molecule has 0 fully saturated rings. The van der Waals surface area contributed by atoms with E-state index in [1.165, 1.54) is 0 Å². The number of ether oxygens (including phenoxy) is 1. The Kier molecular flexibility index (Phi) is 10.8. The van der Waals surface area contributed by atoms with Gasteiger partial charge < -0.3 is 9.84 Å². The lowest BCUT2D eigenvalue weighted by molar-refractivity contribution is -0.334. The van der Waals surface area contributed by atoms with Crippen molar-refractivity contribution in [1.29, 1.82) is 0 Å². The van der Waals surface area contributed by atoms with Gasteiger partial charge in [-0.15, -0.1) is 0 Å². The number of hydrogen-bond donors (Lipinski definition) is 1. The molecule has 0 saturated heterocycles. The minimum absolute atomic E-state index is 0.380. The van der Waals surface area contributed by atoms with Crippen molar-refractivity contribution < 1.29 is 24.4 Å². The number of rotatable bonds is 11. The summed E-state index contributed by atoms with van der Waals surface area (Å²) in [6.07, 6.45) is 3.59. The molecule has 0 radical (unpaired) electrons. The molecule has 0 aromatic carbocycles. The van der Waals surface area contributed by atoms with Crippen molar-refractivity contribution in [2.45, 2.75) is 71.5 Å².